The minimum absolute atomic E-state index is 0.333. The lowest BCUT2D eigenvalue weighted by Crippen LogP contribution is -2.00. The Kier molecular flexibility index (Phi) is 3.62. The Hall–Kier alpha value is -1.88. The molecule has 1 N–H and O–H groups in total. The fourth-order valence-electron chi connectivity index (χ4n) is 1.56. The second kappa shape index (κ2) is 5.18. The maximum atomic E-state index is 12.8. The number of nitrogens with one attached hydrogen (secondary N) is 1. The molecule has 0 spiro atoms. The lowest BCUT2D eigenvalue weighted by atomic mass is 10.2. The van der Waals surface area contributed by atoms with Gasteiger partial charge in [0.15, 0.2) is 0 Å². The van der Waals surface area contributed by atoms with E-state index >= 15 is 0 Å². The largest absolute Gasteiger partial charge is 0.381 e. The van der Waals surface area contributed by atoms with Crippen molar-refractivity contribution in [2.24, 2.45) is 0 Å². The van der Waals surface area contributed by atoms with Crippen molar-refractivity contribution in [3.63, 3.8) is 0 Å². The van der Waals surface area contributed by atoms with Crippen molar-refractivity contribution in [3.05, 3.63) is 60.2 Å². The molecular weight excluding hydrogens is 253 g/mol. The second-order valence-corrected chi connectivity index (χ2v) is 5.15. The van der Waals surface area contributed by atoms with Gasteiger partial charge in [0.05, 0.1) is 0 Å². The molecule has 0 fully saturated rings. The van der Waals surface area contributed by atoms with Crippen molar-refractivity contribution < 1.29 is 12.3 Å². The summed E-state index contributed by atoms with van der Waals surface area (Å²) in [4.78, 5) is -0.333. The fourth-order valence-corrected chi connectivity index (χ4v) is 2.07. The SMILES string of the molecule is O=S(=O)(F)c1cccc(NCc2ccccc2)c1. The van der Waals surface area contributed by atoms with E-state index in [-0.39, 0.29) is 4.90 Å². The molecule has 0 saturated carbocycles. The first-order valence-corrected chi connectivity index (χ1v) is 6.76. The van der Waals surface area contributed by atoms with Gasteiger partial charge in [-0.25, -0.2) is 0 Å². The highest BCUT2D eigenvalue weighted by molar-refractivity contribution is 7.86. The van der Waals surface area contributed by atoms with Crippen LogP contribution in [0.1, 0.15) is 5.56 Å². The van der Waals surface area contributed by atoms with E-state index < -0.39 is 10.2 Å². The molecule has 0 saturated heterocycles. The molecule has 3 nitrogen and oxygen atoms in total. The minimum atomic E-state index is -4.65. The molecule has 0 amide bonds. The Balaban J connectivity index is 2.11. The van der Waals surface area contributed by atoms with Crippen LogP contribution in [-0.2, 0) is 16.8 Å². The molecule has 0 heterocycles. The summed E-state index contributed by atoms with van der Waals surface area (Å²) in [5, 5.41) is 3.04. The van der Waals surface area contributed by atoms with Gasteiger partial charge in [0.25, 0.3) is 0 Å². The van der Waals surface area contributed by atoms with E-state index in [0.29, 0.717) is 12.2 Å². The van der Waals surface area contributed by atoms with Crippen LogP contribution in [0.2, 0.25) is 0 Å². The third-order valence-electron chi connectivity index (χ3n) is 2.46. The minimum Gasteiger partial charge on any atom is -0.381 e. The van der Waals surface area contributed by atoms with Gasteiger partial charge in [-0.3, -0.25) is 0 Å². The van der Waals surface area contributed by atoms with Crippen molar-refractivity contribution in [3.8, 4) is 0 Å². The van der Waals surface area contributed by atoms with Crippen LogP contribution in [-0.4, -0.2) is 8.42 Å². The van der Waals surface area contributed by atoms with Crippen molar-refractivity contribution in [1.29, 1.82) is 0 Å². The van der Waals surface area contributed by atoms with Crippen molar-refractivity contribution in [1.82, 2.24) is 0 Å². The predicted molar refractivity (Wildman–Crippen MR) is 68.5 cm³/mol. The van der Waals surface area contributed by atoms with Gasteiger partial charge in [-0.15, -0.1) is 3.89 Å². The number of halogens is 1. The van der Waals surface area contributed by atoms with Gasteiger partial charge in [0, 0.05) is 12.2 Å². The van der Waals surface area contributed by atoms with E-state index in [1.807, 2.05) is 30.3 Å². The first-order valence-electron chi connectivity index (χ1n) is 5.38. The molecule has 0 atom stereocenters. The highest BCUT2D eigenvalue weighted by atomic mass is 32.3. The number of rotatable bonds is 4. The van der Waals surface area contributed by atoms with Crippen molar-refractivity contribution in [2.45, 2.75) is 11.4 Å². The molecule has 0 unspecified atom stereocenters. The smallest absolute Gasteiger partial charge is 0.332 e. The Bertz CT molecular complexity index is 626. The zero-order valence-corrected chi connectivity index (χ0v) is 10.3. The molecule has 2 aromatic rings. The van der Waals surface area contributed by atoms with E-state index in [1.165, 1.54) is 18.2 Å². The topological polar surface area (TPSA) is 46.2 Å². The van der Waals surface area contributed by atoms with E-state index in [0.717, 1.165) is 5.56 Å². The van der Waals surface area contributed by atoms with Gasteiger partial charge in [0.1, 0.15) is 4.90 Å². The zero-order chi connectivity index (χ0) is 13.0. The van der Waals surface area contributed by atoms with Crippen molar-refractivity contribution in [2.75, 3.05) is 5.32 Å². The Morgan fingerprint density at radius 1 is 1.00 bits per heavy atom. The molecule has 94 valence electrons. The normalized spacial score (nSPS) is 11.2. The van der Waals surface area contributed by atoms with Gasteiger partial charge in [0.2, 0.25) is 0 Å². The summed E-state index contributed by atoms with van der Waals surface area (Å²) in [7, 11) is -4.65. The van der Waals surface area contributed by atoms with E-state index in [2.05, 4.69) is 5.32 Å². The zero-order valence-electron chi connectivity index (χ0n) is 9.51. The Morgan fingerprint density at radius 2 is 1.72 bits per heavy atom. The average Bonchev–Trinajstić information content (AvgIpc) is 2.37. The highest BCUT2D eigenvalue weighted by Crippen LogP contribution is 2.17. The lowest BCUT2D eigenvalue weighted by molar-refractivity contribution is 0.552. The second-order valence-electron chi connectivity index (χ2n) is 3.80. The van der Waals surface area contributed by atoms with Crippen LogP contribution in [0, 0.1) is 0 Å². The lowest BCUT2D eigenvalue weighted by Gasteiger charge is -2.07. The molecular formula is C13H12FNO2S. The van der Waals surface area contributed by atoms with Crippen molar-refractivity contribution >= 4 is 15.9 Å². The van der Waals surface area contributed by atoms with Gasteiger partial charge >= 0.3 is 10.2 Å². The highest BCUT2D eigenvalue weighted by Gasteiger charge is 2.11. The maximum absolute atomic E-state index is 12.8. The number of hydrogen-bond donors (Lipinski definition) is 1. The quantitative estimate of drug-likeness (QED) is 0.864. The van der Waals surface area contributed by atoms with E-state index in [1.54, 1.807) is 6.07 Å². The summed E-state index contributed by atoms with van der Waals surface area (Å²) in [5.41, 5.74) is 1.63. The van der Waals surface area contributed by atoms with Crippen LogP contribution >= 0.6 is 0 Å². The molecule has 0 aliphatic carbocycles. The molecule has 18 heavy (non-hydrogen) atoms. The van der Waals surface area contributed by atoms with Crippen LogP contribution in [0.25, 0.3) is 0 Å². The molecule has 2 aromatic carbocycles. The van der Waals surface area contributed by atoms with Gasteiger partial charge in [-0.1, -0.05) is 36.4 Å². The number of anilines is 1. The van der Waals surface area contributed by atoms with E-state index in [9.17, 15) is 12.3 Å². The Labute approximate surface area is 105 Å². The summed E-state index contributed by atoms with van der Waals surface area (Å²) in [5.74, 6) is 0. The Morgan fingerprint density at radius 3 is 2.39 bits per heavy atom. The summed E-state index contributed by atoms with van der Waals surface area (Å²) in [6, 6.07) is 15.3. The number of hydrogen-bond acceptors (Lipinski definition) is 3. The summed E-state index contributed by atoms with van der Waals surface area (Å²) in [6.07, 6.45) is 0. The molecule has 5 heteroatoms. The first kappa shape index (κ1) is 12.6. The molecule has 0 radical (unpaired) electrons. The molecule has 0 aromatic heterocycles. The average molecular weight is 265 g/mol. The van der Waals surface area contributed by atoms with Crippen LogP contribution in [0.15, 0.2) is 59.5 Å². The van der Waals surface area contributed by atoms with Crippen LogP contribution in [0.3, 0.4) is 0 Å². The number of benzene rings is 2. The first-order chi connectivity index (χ1) is 8.55. The van der Waals surface area contributed by atoms with E-state index in [4.69, 9.17) is 0 Å². The molecule has 0 bridgehead atoms. The van der Waals surface area contributed by atoms with Gasteiger partial charge < -0.3 is 5.32 Å². The van der Waals surface area contributed by atoms with Crippen LogP contribution in [0.4, 0.5) is 9.57 Å². The molecule has 0 aliphatic rings. The molecule has 0 aliphatic heterocycles. The van der Waals surface area contributed by atoms with Gasteiger partial charge in [-0.05, 0) is 23.8 Å². The standard InChI is InChI=1S/C13H12FNO2S/c14-18(16,17)13-8-4-7-12(9-13)15-10-11-5-2-1-3-6-11/h1-9,15H,10H2. The summed E-state index contributed by atoms with van der Waals surface area (Å²) >= 11 is 0. The van der Waals surface area contributed by atoms with Crippen LogP contribution in [0.5, 0.6) is 0 Å². The fraction of sp³-hybridized carbons (Fsp3) is 0.0769. The summed E-state index contributed by atoms with van der Waals surface area (Å²) < 4.78 is 34.3. The third-order valence-corrected chi connectivity index (χ3v) is 3.27. The third kappa shape index (κ3) is 3.30. The van der Waals surface area contributed by atoms with Crippen LogP contribution < -0.4 is 5.32 Å². The summed E-state index contributed by atoms with van der Waals surface area (Å²) in [6.45, 7) is 0.552. The molecule has 2 rings (SSSR count). The van der Waals surface area contributed by atoms with Gasteiger partial charge in [-0.2, -0.15) is 8.42 Å². The predicted octanol–water partition coefficient (Wildman–Crippen LogP) is 2.96. The monoisotopic (exact) mass is 265 g/mol. The maximum Gasteiger partial charge on any atom is 0.332 e.